The highest BCUT2D eigenvalue weighted by Gasteiger charge is 2.15. The van der Waals surface area contributed by atoms with Crippen LogP contribution in [0.3, 0.4) is 0 Å². The summed E-state index contributed by atoms with van der Waals surface area (Å²) in [6.45, 7) is 4.16. The van der Waals surface area contributed by atoms with Crippen molar-refractivity contribution in [3.05, 3.63) is 24.2 Å². The fraction of sp³-hybridized carbons (Fsp3) is 0.583. The minimum Gasteiger partial charge on any atom is -0.467 e. The lowest BCUT2D eigenvalue weighted by atomic mass is 10.0. The van der Waals surface area contributed by atoms with Crippen molar-refractivity contribution in [1.29, 1.82) is 0 Å². The van der Waals surface area contributed by atoms with Crippen molar-refractivity contribution in [2.45, 2.75) is 39.2 Å². The number of furan rings is 1. The lowest BCUT2D eigenvalue weighted by Crippen LogP contribution is -2.07. The summed E-state index contributed by atoms with van der Waals surface area (Å²) in [6, 6.07) is 3.39. The minimum absolute atomic E-state index is 0.0904. The SMILES string of the molecule is CC(C)CCC(=O)CC(O)c1ccco1. The van der Waals surface area contributed by atoms with Crippen molar-refractivity contribution in [3.8, 4) is 0 Å². The summed E-state index contributed by atoms with van der Waals surface area (Å²) in [4.78, 5) is 11.5. The van der Waals surface area contributed by atoms with Crippen LogP contribution in [-0.4, -0.2) is 10.9 Å². The van der Waals surface area contributed by atoms with Crippen LogP contribution in [0.25, 0.3) is 0 Å². The van der Waals surface area contributed by atoms with Crippen LogP contribution < -0.4 is 0 Å². The van der Waals surface area contributed by atoms with E-state index in [2.05, 4.69) is 13.8 Å². The summed E-state index contributed by atoms with van der Waals surface area (Å²) in [5.74, 6) is 1.08. The first-order valence-electron chi connectivity index (χ1n) is 5.32. The number of ketones is 1. The molecule has 0 saturated carbocycles. The van der Waals surface area contributed by atoms with Crippen molar-refractivity contribution in [2.75, 3.05) is 0 Å². The maximum Gasteiger partial charge on any atom is 0.135 e. The zero-order valence-electron chi connectivity index (χ0n) is 9.27. The molecule has 0 aromatic carbocycles. The van der Waals surface area contributed by atoms with Gasteiger partial charge in [0.25, 0.3) is 0 Å². The van der Waals surface area contributed by atoms with Gasteiger partial charge in [-0.2, -0.15) is 0 Å². The summed E-state index contributed by atoms with van der Waals surface area (Å²) in [5.41, 5.74) is 0. The van der Waals surface area contributed by atoms with Gasteiger partial charge in [0.05, 0.1) is 6.26 Å². The largest absolute Gasteiger partial charge is 0.467 e. The number of hydrogen-bond donors (Lipinski definition) is 1. The molecular weight excluding hydrogens is 192 g/mol. The second-order valence-corrected chi connectivity index (χ2v) is 4.21. The van der Waals surface area contributed by atoms with Gasteiger partial charge in [-0.3, -0.25) is 4.79 Å². The highest BCUT2D eigenvalue weighted by atomic mass is 16.4. The molecule has 84 valence electrons. The van der Waals surface area contributed by atoms with Gasteiger partial charge >= 0.3 is 0 Å². The van der Waals surface area contributed by atoms with Gasteiger partial charge < -0.3 is 9.52 Å². The molecule has 1 heterocycles. The molecule has 3 heteroatoms. The average Bonchev–Trinajstić information content (AvgIpc) is 2.67. The van der Waals surface area contributed by atoms with E-state index in [-0.39, 0.29) is 12.2 Å². The summed E-state index contributed by atoms with van der Waals surface area (Å²) in [7, 11) is 0. The van der Waals surface area contributed by atoms with Crippen LogP contribution in [-0.2, 0) is 4.79 Å². The van der Waals surface area contributed by atoms with Crippen LogP contribution in [0.5, 0.6) is 0 Å². The Kier molecular flexibility index (Phi) is 4.56. The number of Topliss-reactive ketones (excluding diaryl/α,β-unsaturated/α-hetero) is 1. The number of carbonyl (C=O) groups is 1. The molecule has 0 radical (unpaired) electrons. The molecule has 0 aliphatic rings. The van der Waals surface area contributed by atoms with Crippen molar-refractivity contribution in [3.63, 3.8) is 0 Å². The Morgan fingerprint density at radius 2 is 2.27 bits per heavy atom. The quantitative estimate of drug-likeness (QED) is 0.785. The number of aliphatic hydroxyl groups is 1. The zero-order valence-corrected chi connectivity index (χ0v) is 9.27. The van der Waals surface area contributed by atoms with Gasteiger partial charge in [-0.15, -0.1) is 0 Å². The highest BCUT2D eigenvalue weighted by Crippen LogP contribution is 2.18. The van der Waals surface area contributed by atoms with E-state index in [4.69, 9.17) is 4.42 Å². The van der Waals surface area contributed by atoms with Gasteiger partial charge in [-0.25, -0.2) is 0 Å². The molecule has 1 atom stereocenters. The van der Waals surface area contributed by atoms with Crippen molar-refractivity contribution < 1.29 is 14.3 Å². The van der Waals surface area contributed by atoms with Gasteiger partial charge in [0.15, 0.2) is 0 Å². The third-order valence-electron chi connectivity index (χ3n) is 2.29. The van der Waals surface area contributed by atoms with Crippen LogP contribution in [0.15, 0.2) is 22.8 Å². The summed E-state index contributed by atoms with van der Waals surface area (Å²) >= 11 is 0. The van der Waals surface area contributed by atoms with Crippen LogP contribution in [0.1, 0.15) is 45.0 Å². The number of carbonyl (C=O) groups excluding carboxylic acids is 1. The van der Waals surface area contributed by atoms with E-state index in [0.717, 1.165) is 6.42 Å². The molecule has 0 amide bonds. The van der Waals surface area contributed by atoms with E-state index < -0.39 is 6.10 Å². The number of hydrogen-bond acceptors (Lipinski definition) is 3. The molecule has 1 aromatic heterocycles. The van der Waals surface area contributed by atoms with Crippen LogP contribution in [0.4, 0.5) is 0 Å². The maximum atomic E-state index is 11.5. The smallest absolute Gasteiger partial charge is 0.135 e. The Balaban J connectivity index is 2.32. The third-order valence-corrected chi connectivity index (χ3v) is 2.29. The van der Waals surface area contributed by atoms with Crippen LogP contribution in [0.2, 0.25) is 0 Å². The molecule has 15 heavy (non-hydrogen) atoms. The first kappa shape index (κ1) is 12.0. The average molecular weight is 210 g/mol. The molecule has 1 rings (SSSR count). The molecule has 0 saturated heterocycles. The fourth-order valence-electron chi connectivity index (χ4n) is 1.35. The lowest BCUT2D eigenvalue weighted by Gasteiger charge is -2.07. The van der Waals surface area contributed by atoms with Gasteiger partial charge in [-0.1, -0.05) is 13.8 Å². The second kappa shape index (κ2) is 5.71. The topological polar surface area (TPSA) is 50.4 Å². The Bertz CT molecular complexity index is 288. The molecule has 0 spiro atoms. The predicted molar refractivity (Wildman–Crippen MR) is 57.4 cm³/mol. The summed E-state index contributed by atoms with van der Waals surface area (Å²) < 4.78 is 5.02. The Morgan fingerprint density at radius 3 is 2.80 bits per heavy atom. The molecule has 1 unspecified atom stereocenters. The van der Waals surface area contributed by atoms with E-state index in [1.54, 1.807) is 12.1 Å². The van der Waals surface area contributed by atoms with Gasteiger partial charge in [0.2, 0.25) is 0 Å². The lowest BCUT2D eigenvalue weighted by molar-refractivity contribution is -0.121. The number of rotatable bonds is 6. The second-order valence-electron chi connectivity index (χ2n) is 4.21. The zero-order chi connectivity index (χ0) is 11.3. The monoisotopic (exact) mass is 210 g/mol. The van der Waals surface area contributed by atoms with Crippen LogP contribution in [0, 0.1) is 5.92 Å². The van der Waals surface area contributed by atoms with Gasteiger partial charge in [-0.05, 0) is 24.5 Å². The molecule has 0 aliphatic carbocycles. The molecule has 0 fully saturated rings. The molecule has 1 aromatic rings. The van der Waals surface area contributed by atoms with E-state index >= 15 is 0 Å². The van der Waals surface area contributed by atoms with E-state index in [9.17, 15) is 9.90 Å². The summed E-state index contributed by atoms with van der Waals surface area (Å²) in [5, 5.41) is 9.63. The van der Waals surface area contributed by atoms with Crippen molar-refractivity contribution >= 4 is 5.78 Å². The highest BCUT2D eigenvalue weighted by molar-refractivity contribution is 5.78. The van der Waals surface area contributed by atoms with Gasteiger partial charge in [0, 0.05) is 12.8 Å². The van der Waals surface area contributed by atoms with Crippen molar-refractivity contribution in [1.82, 2.24) is 0 Å². The molecule has 1 N–H and O–H groups in total. The van der Waals surface area contributed by atoms with Crippen molar-refractivity contribution in [2.24, 2.45) is 5.92 Å². The Labute approximate surface area is 90.1 Å². The maximum absolute atomic E-state index is 11.5. The molecule has 3 nitrogen and oxygen atoms in total. The predicted octanol–water partition coefficient (Wildman–Crippen LogP) is 2.71. The van der Waals surface area contributed by atoms with Crippen LogP contribution >= 0.6 is 0 Å². The molecule has 0 aliphatic heterocycles. The van der Waals surface area contributed by atoms with E-state index in [0.29, 0.717) is 18.1 Å². The minimum atomic E-state index is -0.792. The third kappa shape index (κ3) is 4.30. The van der Waals surface area contributed by atoms with Gasteiger partial charge in [0.1, 0.15) is 17.6 Å². The standard InChI is InChI=1S/C12H18O3/c1-9(2)5-6-10(13)8-11(14)12-4-3-7-15-12/h3-4,7,9,11,14H,5-6,8H2,1-2H3. The van der Waals surface area contributed by atoms with E-state index in [1.165, 1.54) is 6.26 Å². The summed E-state index contributed by atoms with van der Waals surface area (Å²) in [6.07, 6.45) is 2.27. The first-order chi connectivity index (χ1) is 7.09. The molecular formula is C12H18O3. The Hall–Kier alpha value is -1.09. The Morgan fingerprint density at radius 1 is 1.53 bits per heavy atom. The first-order valence-corrected chi connectivity index (χ1v) is 5.32. The fourth-order valence-corrected chi connectivity index (χ4v) is 1.35. The normalized spacial score (nSPS) is 13.1. The van der Waals surface area contributed by atoms with E-state index in [1.807, 2.05) is 0 Å². The molecule has 0 bridgehead atoms. The number of aliphatic hydroxyl groups excluding tert-OH is 1.